The molecule has 2 fully saturated rings. The van der Waals surface area contributed by atoms with E-state index in [1.165, 1.54) is 6.07 Å². The number of aryl methyl sites for hydroxylation is 2. The second-order valence-electron chi connectivity index (χ2n) is 9.42. The van der Waals surface area contributed by atoms with Gasteiger partial charge in [-0.2, -0.15) is 5.10 Å². The minimum Gasteiger partial charge on any atom is -0.382 e. The highest BCUT2D eigenvalue weighted by molar-refractivity contribution is 6.30. The van der Waals surface area contributed by atoms with E-state index in [0.717, 1.165) is 18.4 Å². The Morgan fingerprint density at radius 1 is 1.14 bits per heavy atom. The predicted octanol–water partition coefficient (Wildman–Crippen LogP) is 4.77. The van der Waals surface area contributed by atoms with Crippen molar-refractivity contribution in [1.29, 1.82) is 0 Å². The van der Waals surface area contributed by atoms with E-state index < -0.39 is 11.4 Å². The maximum Gasteiger partial charge on any atom is 0.182 e. The van der Waals surface area contributed by atoms with Crippen molar-refractivity contribution < 1.29 is 14.2 Å². The van der Waals surface area contributed by atoms with Gasteiger partial charge in [-0.15, -0.1) is 0 Å². The number of nitrogens with zero attached hydrogens (tertiary/aromatic N) is 6. The summed E-state index contributed by atoms with van der Waals surface area (Å²) in [6.07, 6.45) is 6.23. The van der Waals surface area contributed by atoms with Crippen LogP contribution in [0.4, 0.5) is 4.39 Å². The first-order chi connectivity index (χ1) is 16.8. The zero-order valence-corrected chi connectivity index (χ0v) is 20.1. The van der Waals surface area contributed by atoms with Crippen molar-refractivity contribution in [2.75, 3.05) is 6.61 Å². The third-order valence-corrected chi connectivity index (χ3v) is 7.05. The number of rotatable bonds is 4. The number of aliphatic hydroxyl groups is 1. The van der Waals surface area contributed by atoms with Gasteiger partial charge in [-0.3, -0.25) is 4.68 Å². The number of hydrogen-bond donors (Lipinski definition) is 1. The van der Waals surface area contributed by atoms with Crippen molar-refractivity contribution >= 4 is 22.8 Å². The molecule has 180 valence electrons. The topological polar surface area (TPSA) is 98.8 Å². The van der Waals surface area contributed by atoms with Crippen molar-refractivity contribution in [1.82, 2.24) is 29.7 Å². The molecule has 10 heteroatoms. The summed E-state index contributed by atoms with van der Waals surface area (Å²) in [5.41, 5.74) is 2.08. The molecule has 1 aromatic carbocycles. The molecule has 0 radical (unpaired) electrons. The van der Waals surface area contributed by atoms with Crippen LogP contribution < -0.4 is 0 Å². The summed E-state index contributed by atoms with van der Waals surface area (Å²) in [6, 6.07) is 4.84. The monoisotopic (exact) mass is 494 g/mol. The third kappa shape index (κ3) is 4.07. The number of aromatic nitrogens is 6. The van der Waals surface area contributed by atoms with E-state index in [4.69, 9.17) is 16.3 Å². The summed E-state index contributed by atoms with van der Waals surface area (Å²) < 4.78 is 22.9. The molecule has 1 aliphatic heterocycles. The van der Waals surface area contributed by atoms with E-state index >= 15 is 0 Å². The standard InChI is InChI=1S/C25H24ClFN6O2/c1-13-14(2)30-23-22(29-13)21(18-6-3-16(26)9-19(18)27)31-24(32-23)25(34)7-8-35-20(10-25)15-11-28-33(12-15)17-4-5-17/h3,6,9,11-12,17,20,34H,4-5,7-8,10H2,1-2H3/t20-,25-/m1/s1. The smallest absolute Gasteiger partial charge is 0.182 e. The lowest BCUT2D eigenvalue weighted by Gasteiger charge is -2.35. The first kappa shape index (κ1) is 22.5. The maximum atomic E-state index is 15.0. The number of fused-ring (bicyclic) bond motifs is 1. The average Bonchev–Trinajstić information content (AvgIpc) is 3.56. The maximum absolute atomic E-state index is 15.0. The predicted molar refractivity (Wildman–Crippen MR) is 127 cm³/mol. The highest BCUT2D eigenvalue weighted by Crippen LogP contribution is 2.42. The van der Waals surface area contributed by atoms with Gasteiger partial charge in [-0.05, 0) is 44.9 Å². The van der Waals surface area contributed by atoms with Crippen molar-refractivity contribution in [3.8, 4) is 11.3 Å². The van der Waals surface area contributed by atoms with Gasteiger partial charge < -0.3 is 9.84 Å². The zero-order chi connectivity index (χ0) is 24.3. The molecule has 1 saturated heterocycles. The van der Waals surface area contributed by atoms with Crippen molar-refractivity contribution in [2.45, 2.75) is 57.3 Å². The van der Waals surface area contributed by atoms with Gasteiger partial charge in [0.15, 0.2) is 11.5 Å². The Hall–Kier alpha value is -3.01. The number of halogens is 2. The van der Waals surface area contributed by atoms with Crippen LogP contribution in [0.1, 0.15) is 60.6 Å². The minimum atomic E-state index is -1.39. The van der Waals surface area contributed by atoms with Gasteiger partial charge in [0.05, 0.1) is 36.3 Å². The molecule has 2 atom stereocenters. The minimum absolute atomic E-state index is 0.176. The first-order valence-corrected chi connectivity index (χ1v) is 12.1. The van der Waals surface area contributed by atoms with E-state index in [-0.39, 0.29) is 34.6 Å². The van der Waals surface area contributed by atoms with Crippen LogP contribution in [0.5, 0.6) is 0 Å². The van der Waals surface area contributed by atoms with Crippen LogP contribution in [-0.2, 0) is 10.3 Å². The molecule has 6 rings (SSSR count). The highest BCUT2D eigenvalue weighted by Gasteiger charge is 2.41. The van der Waals surface area contributed by atoms with Crippen LogP contribution in [0.3, 0.4) is 0 Å². The van der Waals surface area contributed by atoms with Gasteiger partial charge in [0.2, 0.25) is 0 Å². The Balaban J connectivity index is 1.45. The summed E-state index contributed by atoms with van der Waals surface area (Å²) >= 11 is 5.98. The molecule has 3 aromatic heterocycles. The molecule has 0 spiro atoms. The molecule has 4 heterocycles. The summed E-state index contributed by atoms with van der Waals surface area (Å²) in [5, 5.41) is 16.5. The van der Waals surface area contributed by atoms with Gasteiger partial charge in [-0.1, -0.05) is 11.6 Å². The van der Waals surface area contributed by atoms with Crippen LogP contribution in [-0.4, -0.2) is 41.4 Å². The van der Waals surface area contributed by atoms with Crippen molar-refractivity contribution in [2.24, 2.45) is 0 Å². The van der Waals surface area contributed by atoms with Crippen LogP contribution in [0, 0.1) is 19.7 Å². The van der Waals surface area contributed by atoms with E-state index in [1.807, 2.05) is 24.7 Å². The number of ether oxygens (including phenoxy) is 1. The Morgan fingerprint density at radius 3 is 2.71 bits per heavy atom. The number of benzene rings is 1. The zero-order valence-electron chi connectivity index (χ0n) is 19.4. The van der Waals surface area contributed by atoms with Crippen molar-refractivity contribution in [3.05, 3.63) is 64.2 Å². The molecule has 2 aliphatic rings. The normalized spacial score (nSPS) is 22.6. The van der Waals surface area contributed by atoms with Crippen LogP contribution in [0.2, 0.25) is 5.02 Å². The summed E-state index contributed by atoms with van der Waals surface area (Å²) in [4.78, 5) is 18.5. The second-order valence-corrected chi connectivity index (χ2v) is 9.85. The SMILES string of the molecule is Cc1nc2nc([C@@]3(O)CCO[C@@H](c4cnn(C5CC5)c4)C3)nc(-c3ccc(Cl)cc3F)c2nc1C. The molecule has 0 amide bonds. The molecule has 4 aromatic rings. The summed E-state index contributed by atoms with van der Waals surface area (Å²) in [7, 11) is 0. The molecular weight excluding hydrogens is 471 g/mol. The van der Waals surface area contributed by atoms with Gasteiger partial charge in [-0.25, -0.2) is 24.3 Å². The third-order valence-electron chi connectivity index (χ3n) is 6.82. The molecule has 0 unspecified atom stereocenters. The fourth-order valence-electron chi connectivity index (χ4n) is 4.50. The Kier molecular flexibility index (Phi) is 5.32. The van der Waals surface area contributed by atoms with Gasteiger partial charge in [0, 0.05) is 35.2 Å². The quantitative estimate of drug-likeness (QED) is 0.436. The Bertz CT molecular complexity index is 1460. The summed E-state index contributed by atoms with van der Waals surface area (Å²) in [5.74, 6) is -0.359. The average molecular weight is 495 g/mol. The molecule has 8 nitrogen and oxygen atoms in total. The molecular formula is C25H24ClFN6O2. The lowest BCUT2D eigenvalue weighted by molar-refractivity contribution is -0.114. The molecule has 35 heavy (non-hydrogen) atoms. The van der Waals surface area contributed by atoms with Gasteiger partial charge in [0.1, 0.15) is 22.6 Å². The molecule has 0 bridgehead atoms. The van der Waals surface area contributed by atoms with E-state index in [2.05, 4.69) is 25.0 Å². The number of hydrogen-bond acceptors (Lipinski definition) is 7. The first-order valence-electron chi connectivity index (χ1n) is 11.7. The molecule has 1 aliphatic carbocycles. The highest BCUT2D eigenvalue weighted by atomic mass is 35.5. The molecule has 1 saturated carbocycles. The van der Waals surface area contributed by atoms with Gasteiger partial charge in [0.25, 0.3) is 0 Å². The lowest BCUT2D eigenvalue weighted by atomic mass is 9.87. The van der Waals surface area contributed by atoms with Crippen LogP contribution in [0.25, 0.3) is 22.4 Å². The molecule has 1 N–H and O–H groups in total. The largest absolute Gasteiger partial charge is 0.382 e. The second kappa shape index (κ2) is 8.29. The Morgan fingerprint density at radius 2 is 1.94 bits per heavy atom. The fourth-order valence-corrected chi connectivity index (χ4v) is 4.66. The fraction of sp³-hybridized carbons (Fsp3) is 0.400. The van der Waals surface area contributed by atoms with E-state index in [0.29, 0.717) is 41.6 Å². The van der Waals surface area contributed by atoms with Crippen LogP contribution >= 0.6 is 11.6 Å². The summed E-state index contributed by atoms with van der Waals surface area (Å²) in [6.45, 7) is 3.99. The Labute approximate surface area is 206 Å². The van der Waals surface area contributed by atoms with E-state index in [1.54, 1.807) is 18.3 Å². The van der Waals surface area contributed by atoms with E-state index in [9.17, 15) is 9.50 Å². The van der Waals surface area contributed by atoms with Crippen LogP contribution in [0.15, 0.2) is 30.6 Å². The van der Waals surface area contributed by atoms with Gasteiger partial charge >= 0.3 is 0 Å². The van der Waals surface area contributed by atoms with Crippen molar-refractivity contribution in [3.63, 3.8) is 0 Å². The lowest BCUT2D eigenvalue weighted by Crippen LogP contribution is -2.37.